The van der Waals surface area contributed by atoms with E-state index in [0.717, 1.165) is 6.54 Å². The van der Waals surface area contributed by atoms with E-state index in [1.807, 2.05) is 13.8 Å². The number of aliphatic hydroxyl groups is 1. The molecule has 0 aliphatic carbocycles. The normalized spacial score (nSPS) is 16.3. The van der Waals surface area contributed by atoms with Crippen LogP contribution in [0, 0.1) is 0 Å². The third-order valence-electron chi connectivity index (χ3n) is 2.78. The van der Waals surface area contributed by atoms with Crippen molar-refractivity contribution in [2.45, 2.75) is 32.3 Å². The predicted molar refractivity (Wildman–Crippen MR) is 63.3 cm³/mol. The Morgan fingerprint density at radius 3 is 2.80 bits per heavy atom. The zero-order valence-corrected chi connectivity index (χ0v) is 9.53. The fraction of sp³-hybridized carbons (Fsp3) is 0.538. The zero-order valence-electron chi connectivity index (χ0n) is 9.53. The molecule has 0 fully saturated rings. The molecule has 0 saturated heterocycles. The highest BCUT2D eigenvalue weighted by atomic mass is 16.3. The lowest BCUT2D eigenvalue weighted by Gasteiger charge is -2.35. The van der Waals surface area contributed by atoms with Crippen molar-refractivity contribution < 1.29 is 5.11 Å². The third-order valence-corrected chi connectivity index (χ3v) is 2.78. The van der Waals surface area contributed by atoms with Gasteiger partial charge in [-0.15, -0.1) is 0 Å². The first kappa shape index (κ1) is 10.5. The molecule has 0 saturated carbocycles. The maximum atomic E-state index is 9.85. The van der Waals surface area contributed by atoms with Gasteiger partial charge in [0, 0.05) is 18.8 Å². The Balaban J connectivity index is 2.22. The topological polar surface area (TPSA) is 23.5 Å². The van der Waals surface area contributed by atoms with Crippen LogP contribution in [0.1, 0.15) is 25.8 Å². The van der Waals surface area contributed by atoms with Gasteiger partial charge in [-0.3, -0.25) is 0 Å². The van der Waals surface area contributed by atoms with E-state index < -0.39 is 5.60 Å². The molecule has 0 unspecified atom stereocenters. The third kappa shape index (κ3) is 2.51. The van der Waals surface area contributed by atoms with Gasteiger partial charge in [0.25, 0.3) is 0 Å². The smallest absolute Gasteiger partial charge is 0.0765 e. The largest absolute Gasteiger partial charge is 0.389 e. The van der Waals surface area contributed by atoms with E-state index in [9.17, 15) is 5.11 Å². The summed E-state index contributed by atoms with van der Waals surface area (Å²) in [6, 6.07) is 8.50. The highest BCUT2D eigenvalue weighted by molar-refractivity contribution is 5.55. The predicted octanol–water partition coefficient (Wildman–Crippen LogP) is 2.21. The first-order valence-electron chi connectivity index (χ1n) is 5.61. The minimum Gasteiger partial charge on any atom is -0.389 e. The number of hydrogen-bond acceptors (Lipinski definition) is 2. The highest BCUT2D eigenvalue weighted by Gasteiger charge is 2.22. The number of hydrogen-bond donors (Lipinski definition) is 1. The van der Waals surface area contributed by atoms with Gasteiger partial charge in [-0.1, -0.05) is 18.2 Å². The summed E-state index contributed by atoms with van der Waals surface area (Å²) in [5, 5.41) is 9.85. The molecule has 0 bridgehead atoms. The number of benzene rings is 1. The van der Waals surface area contributed by atoms with Gasteiger partial charge in [0.05, 0.1) is 5.60 Å². The molecule has 1 aromatic carbocycles. The number of β-amino-alcohol motifs (C(OH)–C–C–N with tert-alkyl or cyclic N) is 1. The Labute approximate surface area is 91.5 Å². The van der Waals surface area contributed by atoms with Crippen LogP contribution < -0.4 is 4.90 Å². The Morgan fingerprint density at radius 1 is 1.33 bits per heavy atom. The molecule has 2 rings (SSSR count). The summed E-state index contributed by atoms with van der Waals surface area (Å²) in [6.45, 7) is 5.50. The van der Waals surface area contributed by atoms with Crippen LogP contribution in [0.4, 0.5) is 5.69 Å². The van der Waals surface area contributed by atoms with E-state index in [2.05, 4.69) is 29.2 Å². The summed E-state index contributed by atoms with van der Waals surface area (Å²) >= 11 is 0. The number of para-hydroxylation sites is 1. The Morgan fingerprint density at radius 2 is 2.07 bits per heavy atom. The number of rotatable bonds is 2. The first-order chi connectivity index (χ1) is 7.06. The van der Waals surface area contributed by atoms with Crippen LogP contribution in [0.15, 0.2) is 24.3 Å². The monoisotopic (exact) mass is 205 g/mol. The number of nitrogens with zero attached hydrogens (tertiary/aromatic N) is 1. The fourth-order valence-electron chi connectivity index (χ4n) is 2.24. The summed E-state index contributed by atoms with van der Waals surface area (Å²) in [6.07, 6.45) is 2.35. The lowest BCUT2D eigenvalue weighted by molar-refractivity contribution is 0.0870. The number of anilines is 1. The van der Waals surface area contributed by atoms with Crippen LogP contribution in [0.2, 0.25) is 0 Å². The van der Waals surface area contributed by atoms with Gasteiger partial charge in [-0.2, -0.15) is 0 Å². The van der Waals surface area contributed by atoms with E-state index in [-0.39, 0.29) is 0 Å². The molecule has 82 valence electrons. The average molecular weight is 205 g/mol. The maximum absolute atomic E-state index is 9.85. The van der Waals surface area contributed by atoms with Gasteiger partial charge in [-0.05, 0) is 38.3 Å². The van der Waals surface area contributed by atoms with Crippen molar-refractivity contribution >= 4 is 5.69 Å². The standard InChI is InChI=1S/C13H19NO/c1-13(2,15)10-14-9-5-7-11-6-3-4-8-12(11)14/h3-4,6,8,15H,5,7,9-10H2,1-2H3. The maximum Gasteiger partial charge on any atom is 0.0765 e. The van der Waals surface area contributed by atoms with Gasteiger partial charge in [-0.25, -0.2) is 0 Å². The van der Waals surface area contributed by atoms with Gasteiger partial charge in [0.1, 0.15) is 0 Å². The number of aryl methyl sites for hydroxylation is 1. The molecule has 2 nitrogen and oxygen atoms in total. The van der Waals surface area contributed by atoms with Gasteiger partial charge in [0.2, 0.25) is 0 Å². The molecule has 0 atom stereocenters. The lowest BCUT2D eigenvalue weighted by atomic mass is 10.00. The Hall–Kier alpha value is -1.02. The molecule has 2 heteroatoms. The molecular weight excluding hydrogens is 186 g/mol. The molecule has 0 radical (unpaired) electrons. The van der Waals surface area contributed by atoms with Crippen LogP contribution >= 0.6 is 0 Å². The van der Waals surface area contributed by atoms with Crippen LogP contribution in [-0.2, 0) is 6.42 Å². The van der Waals surface area contributed by atoms with Crippen molar-refractivity contribution in [2.24, 2.45) is 0 Å². The molecule has 1 heterocycles. The summed E-state index contributed by atoms with van der Waals surface area (Å²) in [4.78, 5) is 2.29. The van der Waals surface area contributed by atoms with Crippen molar-refractivity contribution in [3.63, 3.8) is 0 Å². The van der Waals surface area contributed by atoms with Crippen molar-refractivity contribution in [1.82, 2.24) is 0 Å². The van der Waals surface area contributed by atoms with Crippen molar-refractivity contribution in [3.05, 3.63) is 29.8 Å². The van der Waals surface area contributed by atoms with E-state index in [0.29, 0.717) is 6.54 Å². The summed E-state index contributed by atoms with van der Waals surface area (Å²) in [5.41, 5.74) is 2.09. The molecule has 15 heavy (non-hydrogen) atoms. The summed E-state index contributed by atoms with van der Waals surface area (Å²) < 4.78 is 0. The van der Waals surface area contributed by atoms with E-state index in [1.54, 1.807) is 0 Å². The van der Waals surface area contributed by atoms with Crippen LogP contribution in [0.25, 0.3) is 0 Å². The zero-order chi connectivity index (χ0) is 10.9. The first-order valence-corrected chi connectivity index (χ1v) is 5.61. The SMILES string of the molecule is CC(C)(O)CN1CCCc2ccccc21. The Bertz CT molecular complexity index is 341. The van der Waals surface area contributed by atoms with E-state index >= 15 is 0 Å². The highest BCUT2D eigenvalue weighted by Crippen LogP contribution is 2.27. The molecular formula is C13H19NO. The second kappa shape index (κ2) is 3.86. The molecule has 0 amide bonds. The van der Waals surface area contributed by atoms with Crippen LogP contribution in [0.3, 0.4) is 0 Å². The van der Waals surface area contributed by atoms with Crippen molar-refractivity contribution in [1.29, 1.82) is 0 Å². The average Bonchev–Trinajstić information content (AvgIpc) is 2.16. The van der Waals surface area contributed by atoms with Crippen molar-refractivity contribution in [3.8, 4) is 0 Å². The molecule has 0 spiro atoms. The van der Waals surface area contributed by atoms with Crippen LogP contribution in [-0.4, -0.2) is 23.8 Å². The van der Waals surface area contributed by atoms with Crippen molar-refractivity contribution in [2.75, 3.05) is 18.0 Å². The molecule has 1 N–H and O–H groups in total. The van der Waals surface area contributed by atoms with Gasteiger partial charge in [0.15, 0.2) is 0 Å². The second-order valence-electron chi connectivity index (χ2n) is 4.97. The van der Waals surface area contributed by atoms with Gasteiger partial charge >= 0.3 is 0 Å². The minimum absolute atomic E-state index is 0.621. The van der Waals surface area contributed by atoms with Gasteiger partial charge < -0.3 is 10.0 Å². The molecule has 1 aliphatic heterocycles. The fourth-order valence-corrected chi connectivity index (χ4v) is 2.24. The van der Waals surface area contributed by atoms with E-state index in [4.69, 9.17) is 0 Å². The second-order valence-corrected chi connectivity index (χ2v) is 4.97. The number of fused-ring (bicyclic) bond motifs is 1. The molecule has 0 aromatic heterocycles. The minimum atomic E-state index is -0.621. The quantitative estimate of drug-likeness (QED) is 0.800. The Kier molecular flexibility index (Phi) is 2.70. The van der Waals surface area contributed by atoms with Crippen LogP contribution in [0.5, 0.6) is 0 Å². The van der Waals surface area contributed by atoms with E-state index in [1.165, 1.54) is 24.1 Å². The molecule has 1 aliphatic rings. The molecule has 1 aromatic rings. The lowest BCUT2D eigenvalue weighted by Crippen LogP contribution is -2.41. The summed E-state index contributed by atoms with van der Waals surface area (Å²) in [7, 11) is 0. The summed E-state index contributed by atoms with van der Waals surface area (Å²) in [5.74, 6) is 0.